The Kier molecular flexibility index (Phi) is 6.13. The third-order valence-electron chi connectivity index (χ3n) is 3.96. The summed E-state index contributed by atoms with van der Waals surface area (Å²) in [6.07, 6.45) is 5.32. The molecule has 1 saturated heterocycles. The van der Waals surface area contributed by atoms with Crippen LogP contribution in [0.4, 0.5) is 0 Å². The van der Waals surface area contributed by atoms with Crippen LogP contribution in [0.2, 0.25) is 0 Å². The van der Waals surface area contributed by atoms with Gasteiger partial charge in [-0.1, -0.05) is 13.8 Å². The smallest absolute Gasteiger partial charge is 0.307 e. The summed E-state index contributed by atoms with van der Waals surface area (Å²) in [5.74, 6) is 0.643. The van der Waals surface area contributed by atoms with E-state index in [1.807, 2.05) is 6.92 Å². The highest BCUT2D eigenvalue weighted by Crippen LogP contribution is 2.30. The molecule has 1 atom stereocenters. The molecule has 0 N–H and O–H groups in total. The fraction of sp³-hybridized carbons (Fsp3) is 0.933. The lowest BCUT2D eigenvalue weighted by atomic mass is 9.87. The molecule has 0 aromatic carbocycles. The second kappa shape index (κ2) is 7.13. The lowest BCUT2D eigenvalue weighted by Gasteiger charge is -2.38. The Morgan fingerprint density at radius 3 is 2.44 bits per heavy atom. The first kappa shape index (κ1) is 15.5. The summed E-state index contributed by atoms with van der Waals surface area (Å²) in [6, 6.07) is 0. The average Bonchev–Trinajstić information content (AvgIpc) is 2.80. The fourth-order valence-electron chi connectivity index (χ4n) is 2.74. The quantitative estimate of drug-likeness (QED) is 0.654. The van der Waals surface area contributed by atoms with Crippen molar-refractivity contribution in [1.82, 2.24) is 4.90 Å². The Labute approximate surface area is 112 Å². The van der Waals surface area contributed by atoms with Gasteiger partial charge in [-0.3, -0.25) is 9.69 Å². The second-order valence-electron chi connectivity index (χ2n) is 6.11. The van der Waals surface area contributed by atoms with Gasteiger partial charge < -0.3 is 4.74 Å². The molecule has 1 aliphatic heterocycles. The summed E-state index contributed by atoms with van der Waals surface area (Å²) in [4.78, 5) is 14.3. The zero-order valence-electron chi connectivity index (χ0n) is 12.5. The minimum absolute atomic E-state index is 0.00692. The monoisotopic (exact) mass is 255 g/mol. The molecule has 1 rings (SSSR count). The van der Waals surface area contributed by atoms with Gasteiger partial charge in [-0.15, -0.1) is 0 Å². The molecule has 0 aromatic heterocycles. The highest BCUT2D eigenvalue weighted by molar-refractivity contribution is 5.70. The van der Waals surface area contributed by atoms with Gasteiger partial charge in [0.15, 0.2) is 0 Å². The number of hydrogen-bond acceptors (Lipinski definition) is 3. The number of rotatable bonds is 7. The topological polar surface area (TPSA) is 29.5 Å². The van der Waals surface area contributed by atoms with E-state index in [1.54, 1.807) is 0 Å². The van der Waals surface area contributed by atoms with Crippen molar-refractivity contribution >= 4 is 5.97 Å². The van der Waals surface area contributed by atoms with Crippen LogP contribution in [0.25, 0.3) is 0 Å². The Balaban J connectivity index is 2.62. The van der Waals surface area contributed by atoms with Crippen molar-refractivity contribution < 1.29 is 9.53 Å². The average molecular weight is 255 g/mol. The molecule has 0 aromatic rings. The molecule has 3 nitrogen and oxygen atoms in total. The van der Waals surface area contributed by atoms with E-state index in [4.69, 9.17) is 4.74 Å². The number of hydrogen-bond donors (Lipinski definition) is 0. The minimum atomic E-state index is -0.0457. The highest BCUT2D eigenvalue weighted by atomic mass is 16.5. The lowest BCUT2D eigenvalue weighted by molar-refractivity contribution is -0.146. The largest absolute Gasteiger partial charge is 0.466 e. The van der Waals surface area contributed by atoms with E-state index in [2.05, 4.69) is 25.7 Å². The summed E-state index contributed by atoms with van der Waals surface area (Å²) in [7, 11) is 0. The Morgan fingerprint density at radius 2 is 1.94 bits per heavy atom. The van der Waals surface area contributed by atoms with Crippen molar-refractivity contribution in [2.75, 3.05) is 19.7 Å². The Morgan fingerprint density at radius 1 is 1.33 bits per heavy atom. The van der Waals surface area contributed by atoms with E-state index in [9.17, 15) is 4.79 Å². The van der Waals surface area contributed by atoms with Gasteiger partial charge in [-0.25, -0.2) is 0 Å². The number of esters is 1. The maximum absolute atomic E-state index is 11.8. The van der Waals surface area contributed by atoms with Crippen LogP contribution in [-0.4, -0.2) is 36.1 Å². The van der Waals surface area contributed by atoms with Crippen LogP contribution in [0.1, 0.15) is 59.8 Å². The van der Waals surface area contributed by atoms with E-state index in [-0.39, 0.29) is 11.5 Å². The summed E-state index contributed by atoms with van der Waals surface area (Å²) >= 11 is 0. The Hall–Kier alpha value is -0.570. The van der Waals surface area contributed by atoms with E-state index in [0.717, 1.165) is 19.5 Å². The van der Waals surface area contributed by atoms with Gasteiger partial charge in [0, 0.05) is 5.54 Å². The van der Waals surface area contributed by atoms with Crippen LogP contribution in [0.15, 0.2) is 0 Å². The number of nitrogens with zero attached hydrogens (tertiary/aromatic N) is 1. The van der Waals surface area contributed by atoms with Gasteiger partial charge in [0.25, 0.3) is 0 Å². The normalized spacial score (nSPS) is 20.1. The minimum Gasteiger partial charge on any atom is -0.466 e. The molecule has 0 aliphatic carbocycles. The molecule has 3 heteroatoms. The van der Waals surface area contributed by atoms with Crippen molar-refractivity contribution in [2.24, 2.45) is 5.92 Å². The first-order chi connectivity index (χ1) is 8.48. The molecule has 1 unspecified atom stereocenters. The van der Waals surface area contributed by atoms with Gasteiger partial charge >= 0.3 is 5.97 Å². The summed E-state index contributed by atoms with van der Waals surface area (Å²) in [5.41, 5.74) is -0.00692. The molecule has 1 fully saturated rings. The van der Waals surface area contributed by atoms with Crippen LogP contribution >= 0.6 is 0 Å². The molecule has 0 radical (unpaired) electrons. The molecule has 0 amide bonds. The van der Waals surface area contributed by atoms with E-state index in [1.165, 1.54) is 19.3 Å². The zero-order valence-corrected chi connectivity index (χ0v) is 12.5. The molecule has 1 aliphatic rings. The maximum atomic E-state index is 11.8. The van der Waals surface area contributed by atoms with Gasteiger partial charge in [0.2, 0.25) is 0 Å². The molecule has 0 spiro atoms. The third kappa shape index (κ3) is 4.60. The fourth-order valence-corrected chi connectivity index (χ4v) is 2.74. The molecule has 0 bridgehead atoms. The standard InChI is InChI=1S/C15H29NO2/c1-5-18-14(17)12-15(4,9-8-13(2)3)16-10-6-7-11-16/h13H,5-12H2,1-4H3. The van der Waals surface area contributed by atoms with E-state index >= 15 is 0 Å². The van der Waals surface area contributed by atoms with Crippen molar-refractivity contribution in [2.45, 2.75) is 65.3 Å². The summed E-state index contributed by atoms with van der Waals surface area (Å²) < 4.78 is 5.14. The predicted molar refractivity (Wildman–Crippen MR) is 74.5 cm³/mol. The molecular weight excluding hydrogens is 226 g/mol. The van der Waals surface area contributed by atoms with E-state index in [0.29, 0.717) is 18.9 Å². The van der Waals surface area contributed by atoms with E-state index < -0.39 is 0 Å². The first-order valence-electron chi connectivity index (χ1n) is 7.38. The van der Waals surface area contributed by atoms with Crippen molar-refractivity contribution in [3.63, 3.8) is 0 Å². The maximum Gasteiger partial charge on any atom is 0.307 e. The summed E-state index contributed by atoms with van der Waals surface area (Å²) in [6.45, 7) is 11.3. The van der Waals surface area contributed by atoms with Gasteiger partial charge in [-0.05, 0) is 58.5 Å². The van der Waals surface area contributed by atoms with Crippen LogP contribution in [0.3, 0.4) is 0 Å². The predicted octanol–water partition coefficient (Wildman–Crippen LogP) is 3.23. The molecule has 0 saturated carbocycles. The van der Waals surface area contributed by atoms with Crippen molar-refractivity contribution in [3.05, 3.63) is 0 Å². The van der Waals surface area contributed by atoms with Gasteiger partial charge in [-0.2, -0.15) is 0 Å². The van der Waals surface area contributed by atoms with Gasteiger partial charge in [0.05, 0.1) is 13.0 Å². The SMILES string of the molecule is CCOC(=O)CC(C)(CCC(C)C)N1CCCC1. The number of carbonyl (C=O) groups is 1. The summed E-state index contributed by atoms with van der Waals surface area (Å²) in [5, 5.41) is 0. The number of likely N-dealkylation sites (tertiary alicyclic amines) is 1. The van der Waals surface area contributed by atoms with Crippen LogP contribution < -0.4 is 0 Å². The van der Waals surface area contributed by atoms with Crippen LogP contribution in [-0.2, 0) is 9.53 Å². The van der Waals surface area contributed by atoms with Crippen LogP contribution in [0, 0.1) is 5.92 Å². The first-order valence-corrected chi connectivity index (χ1v) is 7.38. The number of carbonyl (C=O) groups excluding carboxylic acids is 1. The van der Waals surface area contributed by atoms with Crippen LogP contribution in [0.5, 0.6) is 0 Å². The second-order valence-corrected chi connectivity index (χ2v) is 6.11. The molecule has 106 valence electrons. The molecular formula is C15H29NO2. The molecule has 1 heterocycles. The lowest BCUT2D eigenvalue weighted by Crippen LogP contribution is -2.46. The van der Waals surface area contributed by atoms with Gasteiger partial charge in [0.1, 0.15) is 0 Å². The Bertz CT molecular complexity index is 259. The number of ether oxygens (including phenoxy) is 1. The molecule has 18 heavy (non-hydrogen) atoms. The van der Waals surface area contributed by atoms with Crippen molar-refractivity contribution in [3.8, 4) is 0 Å². The zero-order chi connectivity index (χ0) is 13.6. The third-order valence-corrected chi connectivity index (χ3v) is 3.96. The highest BCUT2D eigenvalue weighted by Gasteiger charge is 2.35. The van der Waals surface area contributed by atoms with Crippen molar-refractivity contribution in [1.29, 1.82) is 0 Å².